The van der Waals surface area contributed by atoms with Gasteiger partial charge in [0.25, 0.3) is 0 Å². The van der Waals surface area contributed by atoms with Crippen molar-refractivity contribution in [3.8, 4) is 23.0 Å². The molecule has 5 rings (SSSR count). The van der Waals surface area contributed by atoms with Gasteiger partial charge in [0.15, 0.2) is 5.65 Å². The highest BCUT2D eigenvalue weighted by Gasteiger charge is 2.16. The van der Waals surface area contributed by atoms with Crippen molar-refractivity contribution in [1.82, 2.24) is 19.7 Å². The first-order valence-electron chi connectivity index (χ1n) is 10.3. The third-order valence-electron chi connectivity index (χ3n) is 5.31. The van der Waals surface area contributed by atoms with E-state index in [1.54, 1.807) is 0 Å². The molecule has 0 radical (unpaired) electrons. The summed E-state index contributed by atoms with van der Waals surface area (Å²) in [7, 11) is 0. The number of fused-ring (bicyclic) bond motifs is 1. The Labute approximate surface area is 194 Å². The van der Waals surface area contributed by atoms with Crippen molar-refractivity contribution in [3.05, 3.63) is 87.8 Å². The maximum absolute atomic E-state index is 6.05. The minimum absolute atomic E-state index is 0.264. The van der Waals surface area contributed by atoms with Crippen LogP contribution >= 0.6 is 15.9 Å². The minimum atomic E-state index is 0.264. The van der Waals surface area contributed by atoms with Gasteiger partial charge >= 0.3 is 0 Å². The largest absolute Gasteiger partial charge is 0.471 e. The van der Waals surface area contributed by atoms with Crippen LogP contribution in [0.1, 0.15) is 22.7 Å². The maximum Gasteiger partial charge on any atom is 0.226 e. The second-order valence-electron chi connectivity index (χ2n) is 7.63. The van der Waals surface area contributed by atoms with E-state index < -0.39 is 0 Å². The van der Waals surface area contributed by atoms with Crippen molar-refractivity contribution in [2.45, 2.75) is 27.4 Å². The number of benzene rings is 2. The number of pyridine rings is 1. The summed E-state index contributed by atoms with van der Waals surface area (Å²) in [6, 6.07) is 19.8. The molecule has 0 saturated heterocycles. The van der Waals surface area contributed by atoms with Gasteiger partial charge in [-0.25, -0.2) is 9.67 Å². The van der Waals surface area contributed by atoms with Crippen LogP contribution in [0.5, 0.6) is 5.88 Å². The van der Waals surface area contributed by atoms with Crippen LogP contribution < -0.4 is 4.74 Å². The van der Waals surface area contributed by atoms with E-state index in [4.69, 9.17) is 19.2 Å². The number of halogens is 1. The molecule has 0 amide bonds. The number of oxazole rings is 1. The van der Waals surface area contributed by atoms with Crippen molar-refractivity contribution in [2.75, 3.05) is 0 Å². The number of hydrogen-bond donors (Lipinski definition) is 0. The summed E-state index contributed by atoms with van der Waals surface area (Å²) >= 11 is 3.49. The number of hydrogen-bond acceptors (Lipinski definition) is 5. The monoisotopic (exact) mass is 488 g/mol. The molecule has 160 valence electrons. The Morgan fingerprint density at radius 3 is 2.56 bits per heavy atom. The molecule has 0 aliphatic rings. The first-order chi connectivity index (χ1) is 15.5. The second kappa shape index (κ2) is 8.24. The summed E-state index contributed by atoms with van der Waals surface area (Å²) in [5.41, 5.74) is 5.39. The Kier molecular flexibility index (Phi) is 5.27. The Morgan fingerprint density at radius 1 is 0.969 bits per heavy atom. The predicted molar refractivity (Wildman–Crippen MR) is 127 cm³/mol. The van der Waals surface area contributed by atoms with Gasteiger partial charge in [-0.05, 0) is 56.7 Å². The molecule has 0 N–H and O–H groups in total. The SMILES string of the molecule is Cc1oc(-c2cccc(Br)c2)nc1COc1cc(C)c2c(C)nn(-c3ccccc3)c2n1. The molecule has 0 aliphatic carbocycles. The molecule has 0 saturated carbocycles. The summed E-state index contributed by atoms with van der Waals surface area (Å²) < 4.78 is 14.8. The van der Waals surface area contributed by atoms with Crippen LogP contribution in [0.3, 0.4) is 0 Å². The van der Waals surface area contributed by atoms with E-state index >= 15 is 0 Å². The van der Waals surface area contributed by atoms with Crippen molar-refractivity contribution in [3.63, 3.8) is 0 Å². The van der Waals surface area contributed by atoms with Gasteiger partial charge in [-0.15, -0.1) is 0 Å². The van der Waals surface area contributed by atoms with Gasteiger partial charge in [0.2, 0.25) is 11.8 Å². The van der Waals surface area contributed by atoms with E-state index in [1.165, 1.54) is 0 Å². The van der Waals surface area contributed by atoms with Crippen LogP contribution in [-0.4, -0.2) is 19.7 Å². The van der Waals surface area contributed by atoms with Crippen LogP contribution in [0.25, 0.3) is 28.2 Å². The van der Waals surface area contributed by atoms with E-state index in [2.05, 4.69) is 20.9 Å². The van der Waals surface area contributed by atoms with Crippen LogP contribution in [0.4, 0.5) is 0 Å². The Balaban J connectivity index is 1.45. The second-order valence-corrected chi connectivity index (χ2v) is 8.55. The van der Waals surface area contributed by atoms with E-state index in [-0.39, 0.29) is 6.61 Å². The molecule has 32 heavy (non-hydrogen) atoms. The van der Waals surface area contributed by atoms with E-state index in [0.29, 0.717) is 11.8 Å². The van der Waals surface area contributed by atoms with Crippen molar-refractivity contribution in [2.24, 2.45) is 0 Å². The normalized spacial score (nSPS) is 11.2. The van der Waals surface area contributed by atoms with Crippen molar-refractivity contribution in [1.29, 1.82) is 0 Å². The molecule has 0 atom stereocenters. The lowest BCUT2D eigenvalue weighted by Crippen LogP contribution is -2.02. The minimum Gasteiger partial charge on any atom is -0.471 e. The zero-order chi connectivity index (χ0) is 22.2. The number of rotatable bonds is 5. The van der Waals surface area contributed by atoms with Gasteiger partial charge < -0.3 is 9.15 Å². The van der Waals surface area contributed by atoms with Crippen molar-refractivity contribution >= 4 is 27.0 Å². The summed E-state index contributed by atoms with van der Waals surface area (Å²) in [5, 5.41) is 5.74. The van der Waals surface area contributed by atoms with Gasteiger partial charge in [-0.2, -0.15) is 10.1 Å². The van der Waals surface area contributed by atoms with E-state index in [9.17, 15) is 0 Å². The van der Waals surface area contributed by atoms with Crippen LogP contribution in [0, 0.1) is 20.8 Å². The third-order valence-corrected chi connectivity index (χ3v) is 5.80. The zero-order valence-electron chi connectivity index (χ0n) is 18.0. The van der Waals surface area contributed by atoms with Gasteiger partial charge in [-0.3, -0.25) is 0 Å². The molecule has 3 heterocycles. The smallest absolute Gasteiger partial charge is 0.226 e. The highest BCUT2D eigenvalue weighted by Crippen LogP contribution is 2.28. The van der Waals surface area contributed by atoms with Crippen LogP contribution in [0.2, 0.25) is 0 Å². The molecule has 0 fully saturated rings. The highest BCUT2D eigenvalue weighted by atomic mass is 79.9. The first-order valence-corrected chi connectivity index (χ1v) is 11.1. The van der Waals surface area contributed by atoms with Crippen molar-refractivity contribution < 1.29 is 9.15 Å². The fraction of sp³-hybridized carbons (Fsp3) is 0.160. The Bertz CT molecular complexity index is 1420. The van der Waals surface area contributed by atoms with Gasteiger partial charge in [0.1, 0.15) is 18.1 Å². The summed E-state index contributed by atoms with van der Waals surface area (Å²) in [6.45, 7) is 6.20. The molecular weight excluding hydrogens is 468 g/mol. The Hall–Kier alpha value is -3.45. The number of ether oxygens (including phenoxy) is 1. The quantitative estimate of drug-likeness (QED) is 0.288. The van der Waals surface area contributed by atoms with E-state index in [0.717, 1.165) is 49.5 Å². The summed E-state index contributed by atoms with van der Waals surface area (Å²) in [4.78, 5) is 9.40. The lowest BCUT2D eigenvalue weighted by atomic mass is 10.2. The number of aromatic nitrogens is 4. The van der Waals surface area contributed by atoms with E-state index in [1.807, 2.05) is 86.1 Å². The molecule has 6 nitrogen and oxygen atoms in total. The number of aryl methyl sites for hydroxylation is 3. The molecule has 7 heteroatoms. The first kappa shape index (κ1) is 20.5. The molecule has 0 unspecified atom stereocenters. The molecule has 0 spiro atoms. The molecule has 0 bridgehead atoms. The molecule has 3 aromatic heterocycles. The molecule has 5 aromatic rings. The molecule has 0 aliphatic heterocycles. The highest BCUT2D eigenvalue weighted by molar-refractivity contribution is 9.10. The van der Waals surface area contributed by atoms with Gasteiger partial charge in [0.05, 0.1) is 11.4 Å². The standard InChI is InChI=1S/C25H21BrN4O2/c1-15-12-22(28-24-23(15)16(2)29-30(24)20-10-5-4-6-11-20)31-14-21-17(3)32-25(27-21)18-8-7-9-19(26)13-18/h4-13H,14H2,1-3H3. The summed E-state index contributed by atoms with van der Waals surface area (Å²) in [5.74, 6) is 1.82. The van der Waals surface area contributed by atoms with Gasteiger partial charge in [-0.1, -0.05) is 40.2 Å². The molecular formula is C25H21BrN4O2. The molecule has 2 aromatic carbocycles. The average molecular weight is 489 g/mol. The zero-order valence-corrected chi connectivity index (χ0v) is 19.5. The Morgan fingerprint density at radius 2 is 1.78 bits per heavy atom. The third kappa shape index (κ3) is 3.80. The van der Waals surface area contributed by atoms with Gasteiger partial charge in [0, 0.05) is 21.5 Å². The maximum atomic E-state index is 6.05. The predicted octanol–water partition coefficient (Wildman–Crippen LogP) is 6.34. The fourth-order valence-electron chi connectivity index (χ4n) is 3.75. The average Bonchev–Trinajstić information content (AvgIpc) is 3.33. The topological polar surface area (TPSA) is 66.0 Å². The number of nitrogens with zero attached hydrogens (tertiary/aromatic N) is 4. The summed E-state index contributed by atoms with van der Waals surface area (Å²) in [6.07, 6.45) is 0. The van der Waals surface area contributed by atoms with Crippen LogP contribution in [0.15, 0.2) is 69.6 Å². The fourth-order valence-corrected chi connectivity index (χ4v) is 4.15. The van der Waals surface area contributed by atoms with Crippen LogP contribution in [-0.2, 0) is 6.61 Å². The lowest BCUT2D eigenvalue weighted by Gasteiger charge is -2.07. The number of para-hydroxylation sites is 1. The lowest BCUT2D eigenvalue weighted by molar-refractivity contribution is 0.288.